The van der Waals surface area contributed by atoms with E-state index in [4.69, 9.17) is 0 Å². The third-order valence-corrected chi connectivity index (χ3v) is 6.83. The first-order chi connectivity index (χ1) is 13.1. The molecule has 1 heterocycles. The number of hydrogen-bond acceptors (Lipinski definition) is 4. The van der Waals surface area contributed by atoms with Gasteiger partial charge in [0, 0.05) is 22.9 Å². The predicted molar refractivity (Wildman–Crippen MR) is 109 cm³/mol. The van der Waals surface area contributed by atoms with Gasteiger partial charge >= 0.3 is 0 Å². The highest BCUT2D eigenvalue weighted by atomic mass is 32.2. The summed E-state index contributed by atoms with van der Waals surface area (Å²) >= 11 is 2.94. The number of carbonyl (C=O) groups is 1. The van der Waals surface area contributed by atoms with Crippen molar-refractivity contribution in [3.63, 3.8) is 0 Å². The number of hydrogen-bond donors (Lipinski definition) is 1. The average Bonchev–Trinajstić information content (AvgIpc) is 3.35. The van der Waals surface area contributed by atoms with Crippen molar-refractivity contribution in [2.24, 2.45) is 0 Å². The van der Waals surface area contributed by atoms with E-state index in [-0.39, 0.29) is 17.1 Å². The Kier molecular flexibility index (Phi) is 5.27. The highest BCUT2D eigenvalue weighted by molar-refractivity contribution is 8.01. The third kappa shape index (κ3) is 4.39. The summed E-state index contributed by atoms with van der Waals surface area (Å²) in [6.45, 7) is 0.690. The monoisotopic (exact) mass is 398 g/mol. The first-order valence-electron chi connectivity index (χ1n) is 8.81. The minimum atomic E-state index is -0.260. The molecule has 3 nitrogen and oxygen atoms in total. The number of nitrogens with one attached hydrogen (secondary N) is 1. The van der Waals surface area contributed by atoms with E-state index in [2.05, 4.69) is 22.4 Å². The Morgan fingerprint density at radius 2 is 1.89 bits per heavy atom. The van der Waals surface area contributed by atoms with Gasteiger partial charge in [-0.15, -0.1) is 11.3 Å². The normalized spacial score (nSPS) is 14.7. The summed E-state index contributed by atoms with van der Waals surface area (Å²) in [5.74, 6) is 0.117. The van der Waals surface area contributed by atoms with Gasteiger partial charge in [-0.3, -0.25) is 4.79 Å². The molecule has 0 radical (unpaired) electrons. The third-order valence-electron chi connectivity index (χ3n) is 4.81. The molecule has 0 spiro atoms. The standard InChI is InChI=1S/C21H19FN2OS2/c22-17-8-6-15(7-9-17)18-12-26-20(24-18)27-13-19(25)23-14-21(10-11-21)16-4-2-1-3-5-16/h1-9,12H,10-11,13-14H2,(H,23,25). The number of carbonyl (C=O) groups excluding carboxylic acids is 1. The molecular weight excluding hydrogens is 379 g/mol. The fourth-order valence-corrected chi connectivity index (χ4v) is 4.70. The van der Waals surface area contributed by atoms with Crippen LogP contribution in [0.1, 0.15) is 18.4 Å². The van der Waals surface area contributed by atoms with Gasteiger partial charge in [0.05, 0.1) is 11.4 Å². The minimum absolute atomic E-state index is 0.0285. The molecular formula is C21H19FN2OS2. The largest absolute Gasteiger partial charge is 0.354 e. The Hall–Kier alpha value is -2.18. The summed E-state index contributed by atoms with van der Waals surface area (Å²) in [5, 5.41) is 5.01. The second-order valence-corrected chi connectivity index (χ2v) is 8.80. The zero-order chi connectivity index (χ0) is 18.7. The molecule has 2 aromatic carbocycles. The number of benzene rings is 2. The van der Waals surface area contributed by atoms with E-state index >= 15 is 0 Å². The van der Waals surface area contributed by atoms with Crippen molar-refractivity contribution in [2.45, 2.75) is 22.6 Å². The SMILES string of the molecule is O=C(CSc1nc(-c2ccc(F)cc2)cs1)NCC1(c2ccccc2)CC1. The zero-order valence-corrected chi connectivity index (χ0v) is 16.3. The molecule has 1 amide bonds. The lowest BCUT2D eigenvalue weighted by atomic mass is 9.96. The number of halogens is 1. The quantitative estimate of drug-likeness (QED) is 0.576. The molecule has 27 heavy (non-hydrogen) atoms. The van der Waals surface area contributed by atoms with Gasteiger partial charge in [-0.2, -0.15) is 0 Å². The van der Waals surface area contributed by atoms with Crippen LogP contribution in [0.5, 0.6) is 0 Å². The topological polar surface area (TPSA) is 42.0 Å². The summed E-state index contributed by atoms with van der Waals surface area (Å²) < 4.78 is 13.9. The van der Waals surface area contributed by atoms with E-state index in [9.17, 15) is 9.18 Å². The number of thiazole rings is 1. The maximum Gasteiger partial charge on any atom is 0.230 e. The lowest BCUT2D eigenvalue weighted by molar-refractivity contribution is -0.118. The van der Waals surface area contributed by atoms with Crippen molar-refractivity contribution < 1.29 is 9.18 Å². The van der Waals surface area contributed by atoms with Crippen LogP contribution in [0.15, 0.2) is 64.3 Å². The Balaban J connectivity index is 1.28. The number of nitrogens with zero attached hydrogens (tertiary/aromatic N) is 1. The first kappa shape index (κ1) is 18.2. The fourth-order valence-electron chi connectivity index (χ4n) is 3.03. The van der Waals surface area contributed by atoms with E-state index in [1.54, 1.807) is 12.1 Å². The number of thioether (sulfide) groups is 1. The Morgan fingerprint density at radius 3 is 2.59 bits per heavy atom. The predicted octanol–water partition coefficient (Wildman–Crippen LogP) is 4.89. The van der Waals surface area contributed by atoms with Crippen LogP contribution in [-0.2, 0) is 10.2 Å². The van der Waals surface area contributed by atoms with E-state index in [1.165, 1.54) is 40.8 Å². The van der Waals surface area contributed by atoms with Crippen LogP contribution in [0.2, 0.25) is 0 Å². The maximum absolute atomic E-state index is 13.0. The van der Waals surface area contributed by atoms with Crippen LogP contribution in [-0.4, -0.2) is 23.2 Å². The lowest BCUT2D eigenvalue weighted by Gasteiger charge is -2.16. The van der Waals surface area contributed by atoms with Crippen LogP contribution >= 0.6 is 23.1 Å². The van der Waals surface area contributed by atoms with Crippen molar-refractivity contribution >= 4 is 29.0 Å². The molecule has 0 atom stereocenters. The summed E-state index contributed by atoms with van der Waals surface area (Å²) in [4.78, 5) is 16.8. The van der Waals surface area contributed by atoms with Crippen LogP contribution in [0.3, 0.4) is 0 Å². The smallest absolute Gasteiger partial charge is 0.230 e. The van der Waals surface area contributed by atoms with Gasteiger partial charge in [0.2, 0.25) is 5.91 Å². The van der Waals surface area contributed by atoms with Gasteiger partial charge in [0.15, 0.2) is 4.34 Å². The maximum atomic E-state index is 13.0. The van der Waals surface area contributed by atoms with Gasteiger partial charge < -0.3 is 5.32 Å². The van der Waals surface area contributed by atoms with Crippen molar-refractivity contribution in [3.05, 3.63) is 71.4 Å². The highest BCUT2D eigenvalue weighted by Gasteiger charge is 2.44. The van der Waals surface area contributed by atoms with Gasteiger partial charge in [-0.05, 0) is 42.7 Å². The summed E-state index contributed by atoms with van der Waals surface area (Å²) in [7, 11) is 0. The van der Waals surface area contributed by atoms with Crippen LogP contribution in [0, 0.1) is 5.82 Å². The van der Waals surface area contributed by atoms with E-state index in [0.717, 1.165) is 28.4 Å². The zero-order valence-electron chi connectivity index (χ0n) is 14.7. The van der Waals surface area contributed by atoms with Gasteiger partial charge in [0.1, 0.15) is 5.82 Å². The van der Waals surface area contributed by atoms with Crippen molar-refractivity contribution in [1.82, 2.24) is 10.3 Å². The molecule has 4 rings (SSSR count). The molecule has 138 valence electrons. The molecule has 0 bridgehead atoms. The molecule has 1 N–H and O–H groups in total. The summed E-state index contributed by atoms with van der Waals surface area (Å²) in [5.41, 5.74) is 3.12. The van der Waals surface area contributed by atoms with Crippen molar-refractivity contribution in [1.29, 1.82) is 0 Å². The lowest BCUT2D eigenvalue weighted by Crippen LogP contribution is -2.33. The Labute approximate surface area is 166 Å². The van der Waals surface area contributed by atoms with Crippen molar-refractivity contribution in [2.75, 3.05) is 12.3 Å². The number of rotatable bonds is 7. The van der Waals surface area contributed by atoms with Gasteiger partial charge in [-0.25, -0.2) is 9.37 Å². The second kappa shape index (κ2) is 7.82. The highest BCUT2D eigenvalue weighted by Crippen LogP contribution is 2.47. The molecule has 3 aromatic rings. The van der Waals surface area contributed by atoms with Gasteiger partial charge in [0.25, 0.3) is 0 Å². The Morgan fingerprint density at radius 1 is 1.15 bits per heavy atom. The average molecular weight is 399 g/mol. The molecule has 0 saturated heterocycles. The van der Waals surface area contributed by atoms with E-state index < -0.39 is 0 Å². The molecule has 0 unspecified atom stereocenters. The number of aromatic nitrogens is 1. The first-order valence-corrected chi connectivity index (χ1v) is 10.7. The van der Waals surface area contributed by atoms with Crippen LogP contribution < -0.4 is 5.32 Å². The molecule has 6 heteroatoms. The molecule has 1 fully saturated rings. The van der Waals surface area contributed by atoms with Gasteiger partial charge in [-0.1, -0.05) is 42.1 Å². The van der Waals surface area contributed by atoms with Crippen LogP contribution in [0.25, 0.3) is 11.3 Å². The molecule has 1 aromatic heterocycles. The van der Waals surface area contributed by atoms with Crippen LogP contribution in [0.4, 0.5) is 4.39 Å². The fraction of sp³-hybridized carbons (Fsp3) is 0.238. The molecule has 1 aliphatic carbocycles. The molecule has 0 aliphatic heterocycles. The van der Waals surface area contributed by atoms with E-state index in [0.29, 0.717) is 12.3 Å². The van der Waals surface area contributed by atoms with Crippen molar-refractivity contribution in [3.8, 4) is 11.3 Å². The van der Waals surface area contributed by atoms with E-state index in [1.807, 2.05) is 23.6 Å². The Bertz CT molecular complexity index is 921. The summed E-state index contributed by atoms with van der Waals surface area (Å²) in [6, 6.07) is 16.7. The molecule has 1 aliphatic rings. The second-order valence-electron chi connectivity index (χ2n) is 6.72. The number of amides is 1. The minimum Gasteiger partial charge on any atom is -0.354 e. The summed E-state index contributed by atoms with van der Waals surface area (Å²) in [6.07, 6.45) is 2.25. The molecule has 1 saturated carbocycles.